The fraction of sp³-hybridized carbons (Fsp3) is 0.389. The van der Waals surface area contributed by atoms with Gasteiger partial charge in [-0.15, -0.1) is 0 Å². The van der Waals surface area contributed by atoms with Gasteiger partial charge in [-0.05, 0) is 38.0 Å². The van der Waals surface area contributed by atoms with Crippen LogP contribution in [0.3, 0.4) is 0 Å². The van der Waals surface area contributed by atoms with E-state index in [-0.39, 0.29) is 5.91 Å². The van der Waals surface area contributed by atoms with Crippen molar-refractivity contribution in [2.75, 3.05) is 36.5 Å². The molecule has 1 N–H and O–H groups in total. The lowest BCUT2D eigenvalue weighted by atomic mass is 10.1. The van der Waals surface area contributed by atoms with Gasteiger partial charge in [0, 0.05) is 24.8 Å². The highest BCUT2D eigenvalue weighted by atomic mass is 16.5. The standard InChI is InChI=1S/C18H22N4O2/c1-12-4-5-13(2)15(10-12)21-18(23)16-11-17(20-14(3)19-16)22-6-8-24-9-7-22/h4-5,10-11H,6-9H2,1-3H3,(H,21,23). The van der Waals surface area contributed by atoms with Gasteiger partial charge in [0.15, 0.2) is 0 Å². The SMILES string of the molecule is Cc1ccc(C)c(NC(=O)c2cc(N3CCOCC3)nc(C)n2)c1. The Morgan fingerprint density at radius 3 is 2.62 bits per heavy atom. The molecular formula is C18H22N4O2. The molecule has 1 aromatic carbocycles. The Morgan fingerprint density at radius 1 is 1.12 bits per heavy atom. The van der Waals surface area contributed by atoms with Gasteiger partial charge in [0.25, 0.3) is 5.91 Å². The van der Waals surface area contributed by atoms with Gasteiger partial charge >= 0.3 is 0 Å². The van der Waals surface area contributed by atoms with E-state index < -0.39 is 0 Å². The largest absolute Gasteiger partial charge is 0.378 e. The van der Waals surface area contributed by atoms with E-state index in [1.807, 2.05) is 32.0 Å². The van der Waals surface area contributed by atoms with Crippen LogP contribution in [0.2, 0.25) is 0 Å². The summed E-state index contributed by atoms with van der Waals surface area (Å²) in [5.41, 5.74) is 3.31. The van der Waals surface area contributed by atoms with Crippen molar-refractivity contribution in [1.29, 1.82) is 0 Å². The Bertz CT molecular complexity index is 755. The number of benzene rings is 1. The molecule has 2 heterocycles. The number of hydrogen-bond acceptors (Lipinski definition) is 5. The van der Waals surface area contributed by atoms with E-state index >= 15 is 0 Å². The van der Waals surface area contributed by atoms with E-state index in [2.05, 4.69) is 20.2 Å². The second-order valence-electron chi connectivity index (χ2n) is 6.03. The molecule has 1 aromatic heterocycles. The first-order chi connectivity index (χ1) is 11.5. The molecule has 0 atom stereocenters. The van der Waals surface area contributed by atoms with Crippen LogP contribution in [0.4, 0.5) is 11.5 Å². The van der Waals surface area contributed by atoms with Gasteiger partial charge in [-0.1, -0.05) is 12.1 Å². The van der Waals surface area contributed by atoms with Crippen molar-refractivity contribution >= 4 is 17.4 Å². The van der Waals surface area contributed by atoms with Gasteiger partial charge in [0.05, 0.1) is 13.2 Å². The van der Waals surface area contributed by atoms with E-state index in [0.29, 0.717) is 24.7 Å². The summed E-state index contributed by atoms with van der Waals surface area (Å²) in [4.78, 5) is 23.5. The van der Waals surface area contributed by atoms with Crippen LogP contribution in [0.5, 0.6) is 0 Å². The van der Waals surface area contributed by atoms with E-state index in [0.717, 1.165) is 35.7 Å². The molecule has 1 saturated heterocycles. The molecule has 6 heteroatoms. The number of ether oxygens (including phenoxy) is 1. The number of aryl methyl sites for hydroxylation is 3. The summed E-state index contributed by atoms with van der Waals surface area (Å²) in [6.45, 7) is 8.67. The van der Waals surface area contributed by atoms with Crippen LogP contribution in [-0.4, -0.2) is 42.2 Å². The fourth-order valence-corrected chi connectivity index (χ4v) is 2.68. The minimum Gasteiger partial charge on any atom is -0.378 e. The molecule has 126 valence electrons. The highest BCUT2D eigenvalue weighted by Crippen LogP contribution is 2.19. The van der Waals surface area contributed by atoms with Crippen molar-refractivity contribution in [3.8, 4) is 0 Å². The van der Waals surface area contributed by atoms with Crippen molar-refractivity contribution in [2.24, 2.45) is 0 Å². The maximum atomic E-state index is 12.6. The first-order valence-electron chi connectivity index (χ1n) is 8.10. The molecule has 0 aliphatic carbocycles. The van der Waals surface area contributed by atoms with E-state index in [1.165, 1.54) is 0 Å². The third-order valence-electron chi connectivity index (χ3n) is 4.03. The van der Waals surface area contributed by atoms with Crippen molar-refractivity contribution in [1.82, 2.24) is 9.97 Å². The second kappa shape index (κ2) is 6.97. The number of carbonyl (C=O) groups is 1. The van der Waals surface area contributed by atoms with Crippen molar-refractivity contribution < 1.29 is 9.53 Å². The zero-order valence-electron chi connectivity index (χ0n) is 14.3. The lowest BCUT2D eigenvalue weighted by Gasteiger charge is -2.28. The third kappa shape index (κ3) is 3.71. The number of rotatable bonds is 3. The number of anilines is 2. The Balaban J connectivity index is 1.84. The van der Waals surface area contributed by atoms with Crippen LogP contribution in [0.15, 0.2) is 24.3 Å². The maximum Gasteiger partial charge on any atom is 0.274 e. The summed E-state index contributed by atoms with van der Waals surface area (Å²) in [6.07, 6.45) is 0. The third-order valence-corrected chi connectivity index (χ3v) is 4.03. The quantitative estimate of drug-likeness (QED) is 0.938. The average Bonchev–Trinajstić information content (AvgIpc) is 2.58. The first-order valence-corrected chi connectivity index (χ1v) is 8.10. The molecule has 0 spiro atoms. The molecular weight excluding hydrogens is 304 g/mol. The number of morpholine rings is 1. The van der Waals surface area contributed by atoms with Crippen LogP contribution in [0.25, 0.3) is 0 Å². The molecule has 1 amide bonds. The van der Waals surface area contributed by atoms with Crippen LogP contribution < -0.4 is 10.2 Å². The Morgan fingerprint density at radius 2 is 1.88 bits per heavy atom. The first kappa shape index (κ1) is 16.4. The molecule has 0 bridgehead atoms. The normalized spacial score (nSPS) is 14.5. The number of nitrogens with one attached hydrogen (secondary N) is 1. The lowest BCUT2D eigenvalue weighted by Crippen LogP contribution is -2.37. The number of aromatic nitrogens is 2. The molecule has 3 rings (SSSR count). The number of amides is 1. The van der Waals surface area contributed by atoms with Gasteiger partial charge in [0.1, 0.15) is 17.3 Å². The van der Waals surface area contributed by atoms with Gasteiger partial charge in [-0.3, -0.25) is 4.79 Å². The Kier molecular flexibility index (Phi) is 4.76. The van der Waals surface area contributed by atoms with E-state index in [4.69, 9.17) is 4.74 Å². The molecule has 0 unspecified atom stereocenters. The molecule has 1 aliphatic rings. The molecule has 1 aliphatic heterocycles. The summed E-state index contributed by atoms with van der Waals surface area (Å²) in [6, 6.07) is 7.73. The number of hydrogen-bond donors (Lipinski definition) is 1. The van der Waals surface area contributed by atoms with E-state index in [9.17, 15) is 4.79 Å². The summed E-state index contributed by atoms with van der Waals surface area (Å²) < 4.78 is 5.37. The predicted molar refractivity (Wildman–Crippen MR) is 93.7 cm³/mol. The highest BCUT2D eigenvalue weighted by molar-refractivity contribution is 6.03. The zero-order chi connectivity index (χ0) is 17.1. The maximum absolute atomic E-state index is 12.6. The highest BCUT2D eigenvalue weighted by Gasteiger charge is 2.17. The number of nitrogens with zero attached hydrogens (tertiary/aromatic N) is 3. The Hall–Kier alpha value is -2.47. The summed E-state index contributed by atoms with van der Waals surface area (Å²) >= 11 is 0. The second-order valence-corrected chi connectivity index (χ2v) is 6.03. The van der Waals surface area contributed by atoms with Crippen molar-refractivity contribution in [3.63, 3.8) is 0 Å². The van der Waals surface area contributed by atoms with Crippen LogP contribution >= 0.6 is 0 Å². The van der Waals surface area contributed by atoms with Crippen LogP contribution in [0, 0.1) is 20.8 Å². The lowest BCUT2D eigenvalue weighted by molar-refractivity contribution is 0.102. The Labute approximate surface area is 141 Å². The van der Waals surface area contributed by atoms with Gasteiger partial charge in [-0.2, -0.15) is 0 Å². The molecule has 2 aromatic rings. The smallest absolute Gasteiger partial charge is 0.274 e. The predicted octanol–water partition coefficient (Wildman–Crippen LogP) is 2.49. The minimum atomic E-state index is -0.219. The van der Waals surface area contributed by atoms with Gasteiger partial charge < -0.3 is 15.0 Å². The summed E-state index contributed by atoms with van der Waals surface area (Å²) in [7, 11) is 0. The number of carbonyl (C=O) groups excluding carboxylic acids is 1. The molecule has 0 saturated carbocycles. The molecule has 1 fully saturated rings. The van der Waals surface area contributed by atoms with Gasteiger partial charge in [0.2, 0.25) is 0 Å². The topological polar surface area (TPSA) is 67.4 Å². The van der Waals surface area contributed by atoms with Crippen molar-refractivity contribution in [2.45, 2.75) is 20.8 Å². The molecule has 0 radical (unpaired) electrons. The zero-order valence-corrected chi connectivity index (χ0v) is 14.3. The van der Waals surface area contributed by atoms with Gasteiger partial charge in [-0.25, -0.2) is 9.97 Å². The molecule has 24 heavy (non-hydrogen) atoms. The summed E-state index contributed by atoms with van der Waals surface area (Å²) in [5.74, 6) is 1.14. The average molecular weight is 326 g/mol. The molecule has 6 nitrogen and oxygen atoms in total. The monoisotopic (exact) mass is 326 g/mol. The summed E-state index contributed by atoms with van der Waals surface area (Å²) in [5, 5.41) is 2.95. The van der Waals surface area contributed by atoms with Crippen LogP contribution in [0.1, 0.15) is 27.4 Å². The van der Waals surface area contributed by atoms with Crippen LogP contribution in [-0.2, 0) is 4.74 Å². The fourth-order valence-electron chi connectivity index (χ4n) is 2.68. The van der Waals surface area contributed by atoms with Crippen molar-refractivity contribution in [3.05, 3.63) is 46.9 Å². The minimum absolute atomic E-state index is 0.219. The van der Waals surface area contributed by atoms with E-state index in [1.54, 1.807) is 13.0 Å².